The summed E-state index contributed by atoms with van der Waals surface area (Å²) in [6.07, 6.45) is 2.84. The second-order valence-corrected chi connectivity index (χ2v) is 6.26. The number of carboxylic acids is 1. The van der Waals surface area contributed by atoms with Gasteiger partial charge in [0, 0.05) is 24.6 Å². The number of hydrogen-bond donors (Lipinski definition) is 1. The Bertz CT molecular complexity index is 562. The summed E-state index contributed by atoms with van der Waals surface area (Å²) in [7, 11) is 2.14. The molecule has 114 valence electrons. The number of rotatable bonds is 3. The van der Waals surface area contributed by atoms with Gasteiger partial charge in [-0.2, -0.15) is 0 Å². The Morgan fingerprint density at radius 1 is 1.38 bits per heavy atom. The number of benzene rings is 1. The molecule has 2 aliphatic heterocycles. The molecule has 0 amide bonds. The average Bonchev–Trinajstić information content (AvgIpc) is 2.58. The highest BCUT2D eigenvalue weighted by atomic mass is 19.1. The summed E-state index contributed by atoms with van der Waals surface area (Å²) in [5.41, 5.74) is 0.0238. The van der Waals surface area contributed by atoms with Crippen LogP contribution in [0, 0.1) is 11.7 Å². The quantitative estimate of drug-likeness (QED) is 0.931. The minimum atomic E-state index is -1.09. The van der Waals surface area contributed by atoms with E-state index in [1.165, 1.54) is 12.1 Å². The monoisotopic (exact) mass is 293 g/mol. The normalized spacial score (nSPS) is 32.1. The topological polar surface area (TPSA) is 49.8 Å². The Kier molecular flexibility index (Phi) is 3.61. The number of nitrogens with zero attached hydrogens (tertiary/aromatic N) is 1. The summed E-state index contributed by atoms with van der Waals surface area (Å²) in [5.74, 6) is -0.794. The van der Waals surface area contributed by atoms with Gasteiger partial charge in [0.05, 0.1) is 0 Å². The van der Waals surface area contributed by atoms with E-state index in [0.717, 1.165) is 25.3 Å². The molecule has 0 radical (unpaired) electrons. The first kappa shape index (κ1) is 14.3. The molecular weight excluding hydrogens is 273 g/mol. The van der Waals surface area contributed by atoms with Gasteiger partial charge in [-0.05, 0) is 37.9 Å². The van der Waals surface area contributed by atoms with Gasteiger partial charge in [-0.15, -0.1) is 0 Å². The molecule has 1 aromatic carbocycles. The molecule has 5 heteroatoms. The van der Waals surface area contributed by atoms with Gasteiger partial charge in [0.1, 0.15) is 23.2 Å². The molecule has 3 rings (SSSR count). The van der Waals surface area contributed by atoms with Gasteiger partial charge in [-0.3, -0.25) is 4.90 Å². The van der Waals surface area contributed by atoms with E-state index in [4.69, 9.17) is 4.74 Å². The molecule has 2 heterocycles. The molecule has 0 spiro atoms. The molecule has 0 saturated carbocycles. The maximum atomic E-state index is 13.4. The fourth-order valence-corrected chi connectivity index (χ4v) is 3.80. The molecule has 0 aromatic heterocycles. The van der Waals surface area contributed by atoms with Gasteiger partial charge in [-0.1, -0.05) is 6.92 Å². The van der Waals surface area contributed by atoms with Crippen molar-refractivity contribution in [2.24, 2.45) is 5.92 Å². The maximum Gasteiger partial charge on any atom is 0.339 e. The number of carbonyl (C=O) groups is 1. The SMILES string of the molecule is CC1CC2C[C@@H](Oc3cc(F)ccc3C(=O)O)CC1N2C. The summed E-state index contributed by atoms with van der Waals surface area (Å²) >= 11 is 0. The Labute approximate surface area is 123 Å². The predicted molar refractivity (Wildman–Crippen MR) is 76.1 cm³/mol. The Morgan fingerprint density at radius 2 is 2.14 bits per heavy atom. The van der Waals surface area contributed by atoms with Crippen molar-refractivity contribution in [1.29, 1.82) is 0 Å². The number of hydrogen-bond acceptors (Lipinski definition) is 3. The van der Waals surface area contributed by atoms with Crippen molar-refractivity contribution in [1.82, 2.24) is 4.90 Å². The largest absolute Gasteiger partial charge is 0.489 e. The molecule has 4 nitrogen and oxygen atoms in total. The van der Waals surface area contributed by atoms with E-state index < -0.39 is 11.8 Å². The molecule has 2 aliphatic rings. The van der Waals surface area contributed by atoms with Gasteiger partial charge in [0.15, 0.2) is 0 Å². The van der Waals surface area contributed by atoms with Gasteiger partial charge in [0.2, 0.25) is 0 Å². The fraction of sp³-hybridized carbons (Fsp3) is 0.562. The maximum absolute atomic E-state index is 13.4. The van der Waals surface area contributed by atoms with Crippen LogP contribution < -0.4 is 4.74 Å². The Balaban J connectivity index is 1.79. The molecule has 1 N–H and O–H groups in total. The lowest BCUT2D eigenvalue weighted by Crippen LogP contribution is -2.44. The van der Waals surface area contributed by atoms with Crippen LogP contribution in [0.4, 0.5) is 4.39 Å². The molecule has 2 fully saturated rings. The zero-order valence-electron chi connectivity index (χ0n) is 12.3. The first-order chi connectivity index (χ1) is 9.95. The molecule has 4 atom stereocenters. The summed E-state index contributed by atoms with van der Waals surface area (Å²) in [6.45, 7) is 2.24. The molecular formula is C16H20FNO3. The number of carboxylic acid groups (broad SMARTS) is 1. The zero-order chi connectivity index (χ0) is 15.1. The van der Waals surface area contributed by atoms with Crippen LogP contribution in [0.3, 0.4) is 0 Å². The first-order valence-corrected chi connectivity index (χ1v) is 7.37. The van der Waals surface area contributed by atoms with Crippen molar-refractivity contribution in [3.63, 3.8) is 0 Å². The van der Waals surface area contributed by atoms with E-state index in [1.807, 2.05) is 0 Å². The van der Waals surface area contributed by atoms with Crippen LogP contribution in [-0.2, 0) is 0 Å². The third-order valence-electron chi connectivity index (χ3n) is 4.91. The number of fused-ring (bicyclic) bond motifs is 2. The number of aromatic carboxylic acids is 1. The molecule has 2 bridgehead atoms. The van der Waals surface area contributed by atoms with Crippen LogP contribution in [0.5, 0.6) is 5.75 Å². The minimum absolute atomic E-state index is 0.0238. The van der Waals surface area contributed by atoms with E-state index in [9.17, 15) is 14.3 Å². The van der Waals surface area contributed by atoms with Crippen molar-refractivity contribution < 1.29 is 19.0 Å². The number of piperidine rings is 1. The summed E-state index contributed by atoms with van der Waals surface area (Å²) in [4.78, 5) is 13.6. The van der Waals surface area contributed by atoms with E-state index in [1.54, 1.807) is 0 Å². The smallest absolute Gasteiger partial charge is 0.339 e. The van der Waals surface area contributed by atoms with Crippen LogP contribution in [0.1, 0.15) is 36.5 Å². The highest BCUT2D eigenvalue weighted by Gasteiger charge is 2.43. The van der Waals surface area contributed by atoms with Crippen LogP contribution in [-0.4, -0.2) is 41.2 Å². The van der Waals surface area contributed by atoms with Crippen LogP contribution in [0.15, 0.2) is 18.2 Å². The third kappa shape index (κ3) is 2.62. The summed E-state index contributed by atoms with van der Waals surface area (Å²) in [6, 6.07) is 4.53. The van der Waals surface area contributed by atoms with Crippen molar-refractivity contribution >= 4 is 5.97 Å². The predicted octanol–water partition coefficient (Wildman–Crippen LogP) is 2.77. The van der Waals surface area contributed by atoms with Gasteiger partial charge in [0.25, 0.3) is 0 Å². The van der Waals surface area contributed by atoms with Crippen LogP contribution in [0.25, 0.3) is 0 Å². The van der Waals surface area contributed by atoms with E-state index in [-0.39, 0.29) is 17.4 Å². The molecule has 0 aliphatic carbocycles. The van der Waals surface area contributed by atoms with Crippen molar-refractivity contribution in [3.05, 3.63) is 29.6 Å². The van der Waals surface area contributed by atoms with Gasteiger partial charge >= 0.3 is 5.97 Å². The lowest BCUT2D eigenvalue weighted by Gasteiger charge is -2.37. The van der Waals surface area contributed by atoms with Crippen molar-refractivity contribution in [2.75, 3.05) is 7.05 Å². The second-order valence-electron chi connectivity index (χ2n) is 6.26. The highest BCUT2D eigenvalue weighted by molar-refractivity contribution is 5.90. The van der Waals surface area contributed by atoms with Crippen molar-refractivity contribution in [3.8, 4) is 5.75 Å². The standard InChI is InChI=1S/C16H20FNO3/c1-9-5-11-7-12(8-14(9)18(11)2)21-15-6-10(17)3-4-13(15)16(19)20/h3-4,6,9,11-12,14H,5,7-8H2,1-2H3,(H,19,20)/t9?,11?,12-,14?/m1/s1. The summed E-state index contributed by atoms with van der Waals surface area (Å²) < 4.78 is 19.2. The van der Waals surface area contributed by atoms with E-state index in [2.05, 4.69) is 18.9 Å². The number of ether oxygens (including phenoxy) is 1. The van der Waals surface area contributed by atoms with Crippen LogP contribution in [0.2, 0.25) is 0 Å². The Morgan fingerprint density at radius 3 is 2.81 bits per heavy atom. The fourth-order valence-electron chi connectivity index (χ4n) is 3.80. The molecule has 1 aromatic rings. The summed E-state index contributed by atoms with van der Waals surface area (Å²) in [5, 5.41) is 9.18. The van der Waals surface area contributed by atoms with E-state index in [0.29, 0.717) is 18.0 Å². The molecule has 2 saturated heterocycles. The van der Waals surface area contributed by atoms with Gasteiger partial charge in [-0.25, -0.2) is 9.18 Å². The molecule has 3 unspecified atom stereocenters. The van der Waals surface area contributed by atoms with E-state index >= 15 is 0 Å². The highest BCUT2D eigenvalue weighted by Crippen LogP contribution is 2.39. The minimum Gasteiger partial charge on any atom is -0.489 e. The zero-order valence-corrected chi connectivity index (χ0v) is 12.3. The van der Waals surface area contributed by atoms with Gasteiger partial charge < -0.3 is 9.84 Å². The van der Waals surface area contributed by atoms with Crippen molar-refractivity contribution in [2.45, 2.75) is 44.4 Å². The Hall–Kier alpha value is -1.62. The lowest BCUT2D eigenvalue weighted by atomic mass is 9.97. The molecule has 21 heavy (non-hydrogen) atoms. The third-order valence-corrected chi connectivity index (χ3v) is 4.91. The van der Waals surface area contributed by atoms with Crippen LogP contribution >= 0.6 is 0 Å². The number of halogens is 1. The first-order valence-electron chi connectivity index (χ1n) is 7.37. The average molecular weight is 293 g/mol. The lowest BCUT2D eigenvalue weighted by molar-refractivity contribution is 0.0567. The second kappa shape index (κ2) is 5.30.